The van der Waals surface area contributed by atoms with Crippen LogP contribution in [0.25, 0.3) is 0 Å². The number of aliphatic hydroxyl groups is 1. The van der Waals surface area contributed by atoms with E-state index in [1.807, 2.05) is 48.5 Å². The van der Waals surface area contributed by atoms with Crippen LogP contribution in [0.15, 0.2) is 54.6 Å². The standard InChI is InChI=1S/C21H28N2O2/c1-21(2)13-18(16-10-6-7-11-20(16)25-21)23-14-19(24)17(22)12-15-8-4-3-5-9-15/h3-11,17-19,23-24H,12-14,22H2,1-2H3/t17-,18?,19+/m0/s1. The fraction of sp³-hybridized carbons (Fsp3) is 0.429. The summed E-state index contributed by atoms with van der Waals surface area (Å²) in [4.78, 5) is 0. The second-order valence-corrected chi connectivity index (χ2v) is 7.49. The molecule has 4 heteroatoms. The minimum Gasteiger partial charge on any atom is -0.487 e. The van der Waals surface area contributed by atoms with Crippen molar-refractivity contribution in [3.8, 4) is 5.75 Å². The van der Waals surface area contributed by atoms with E-state index in [-0.39, 0.29) is 17.7 Å². The Morgan fingerprint density at radius 2 is 1.84 bits per heavy atom. The molecule has 4 N–H and O–H groups in total. The van der Waals surface area contributed by atoms with E-state index >= 15 is 0 Å². The number of fused-ring (bicyclic) bond motifs is 1. The smallest absolute Gasteiger partial charge is 0.124 e. The summed E-state index contributed by atoms with van der Waals surface area (Å²) < 4.78 is 6.06. The van der Waals surface area contributed by atoms with E-state index < -0.39 is 6.10 Å². The fourth-order valence-electron chi connectivity index (χ4n) is 3.42. The summed E-state index contributed by atoms with van der Waals surface area (Å²) in [7, 11) is 0. The Morgan fingerprint density at radius 1 is 1.16 bits per heavy atom. The summed E-state index contributed by atoms with van der Waals surface area (Å²) >= 11 is 0. The van der Waals surface area contributed by atoms with Crippen molar-refractivity contribution in [1.82, 2.24) is 5.32 Å². The van der Waals surface area contributed by atoms with Gasteiger partial charge in [-0.3, -0.25) is 0 Å². The van der Waals surface area contributed by atoms with Gasteiger partial charge in [-0.1, -0.05) is 48.5 Å². The molecule has 1 heterocycles. The van der Waals surface area contributed by atoms with E-state index in [1.54, 1.807) is 0 Å². The maximum atomic E-state index is 10.5. The van der Waals surface area contributed by atoms with Crippen LogP contribution >= 0.6 is 0 Å². The van der Waals surface area contributed by atoms with E-state index in [2.05, 4.69) is 25.2 Å². The van der Waals surface area contributed by atoms with Crippen molar-refractivity contribution < 1.29 is 9.84 Å². The first-order valence-electron chi connectivity index (χ1n) is 8.93. The molecular formula is C21H28N2O2. The van der Waals surface area contributed by atoms with Crippen molar-refractivity contribution >= 4 is 0 Å². The van der Waals surface area contributed by atoms with Gasteiger partial charge in [-0.25, -0.2) is 0 Å². The van der Waals surface area contributed by atoms with Crippen LogP contribution in [0.3, 0.4) is 0 Å². The van der Waals surface area contributed by atoms with E-state index in [0.29, 0.717) is 13.0 Å². The molecule has 0 amide bonds. The monoisotopic (exact) mass is 340 g/mol. The predicted octanol–water partition coefficient (Wildman–Crippen LogP) is 2.81. The van der Waals surface area contributed by atoms with E-state index in [1.165, 1.54) is 0 Å². The molecule has 1 unspecified atom stereocenters. The molecule has 25 heavy (non-hydrogen) atoms. The number of benzene rings is 2. The molecule has 0 aromatic heterocycles. The first-order valence-corrected chi connectivity index (χ1v) is 8.93. The number of nitrogens with one attached hydrogen (secondary N) is 1. The van der Waals surface area contributed by atoms with Crippen LogP contribution in [-0.4, -0.2) is 29.4 Å². The number of para-hydroxylation sites is 1. The first-order chi connectivity index (χ1) is 11.9. The highest BCUT2D eigenvalue weighted by atomic mass is 16.5. The van der Waals surface area contributed by atoms with Crippen LogP contribution in [0, 0.1) is 0 Å². The van der Waals surface area contributed by atoms with Gasteiger partial charge in [0.25, 0.3) is 0 Å². The zero-order chi connectivity index (χ0) is 17.9. The van der Waals surface area contributed by atoms with Crippen molar-refractivity contribution in [3.05, 3.63) is 65.7 Å². The highest BCUT2D eigenvalue weighted by Crippen LogP contribution is 2.39. The van der Waals surface area contributed by atoms with Gasteiger partial charge < -0.3 is 20.9 Å². The Labute approximate surface area is 150 Å². The molecule has 0 saturated carbocycles. The third-order valence-corrected chi connectivity index (χ3v) is 4.76. The Morgan fingerprint density at radius 3 is 2.60 bits per heavy atom. The molecule has 0 radical (unpaired) electrons. The van der Waals surface area contributed by atoms with Crippen molar-refractivity contribution in [2.45, 2.75) is 50.5 Å². The highest BCUT2D eigenvalue weighted by molar-refractivity contribution is 5.38. The van der Waals surface area contributed by atoms with Crippen molar-refractivity contribution in [1.29, 1.82) is 0 Å². The third-order valence-electron chi connectivity index (χ3n) is 4.76. The average Bonchev–Trinajstić information content (AvgIpc) is 2.59. The Kier molecular flexibility index (Phi) is 5.42. The lowest BCUT2D eigenvalue weighted by Crippen LogP contribution is -2.46. The van der Waals surface area contributed by atoms with Crippen LogP contribution in [0.4, 0.5) is 0 Å². The molecule has 134 valence electrons. The van der Waals surface area contributed by atoms with Crippen LogP contribution in [0.1, 0.15) is 37.4 Å². The average molecular weight is 340 g/mol. The lowest BCUT2D eigenvalue weighted by atomic mass is 9.89. The van der Waals surface area contributed by atoms with Crippen LogP contribution in [0.2, 0.25) is 0 Å². The summed E-state index contributed by atoms with van der Waals surface area (Å²) in [5, 5.41) is 14.0. The predicted molar refractivity (Wildman–Crippen MR) is 101 cm³/mol. The summed E-state index contributed by atoms with van der Waals surface area (Å²) in [6.07, 6.45) is 0.919. The molecule has 0 saturated heterocycles. The molecule has 1 aliphatic rings. The molecule has 3 rings (SSSR count). The van der Waals surface area contributed by atoms with Crippen LogP contribution in [-0.2, 0) is 6.42 Å². The van der Waals surface area contributed by atoms with Gasteiger partial charge in [-0.2, -0.15) is 0 Å². The second-order valence-electron chi connectivity index (χ2n) is 7.49. The highest BCUT2D eigenvalue weighted by Gasteiger charge is 2.33. The lowest BCUT2D eigenvalue weighted by molar-refractivity contribution is 0.0604. The lowest BCUT2D eigenvalue weighted by Gasteiger charge is -2.38. The maximum absolute atomic E-state index is 10.5. The normalized spacial score (nSPS) is 21.0. The number of hydrogen-bond donors (Lipinski definition) is 3. The Bertz CT molecular complexity index is 687. The second kappa shape index (κ2) is 7.56. The molecule has 2 aromatic carbocycles. The van der Waals surface area contributed by atoms with Gasteiger partial charge in [0.05, 0.1) is 6.10 Å². The topological polar surface area (TPSA) is 67.5 Å². The van der Waals surface area contributed by atoms with Crippen LogP contribution < -0.4 is 15.8 Å². The zero-order valence-corrected chi connectivity index (χ0v) is 15.0. The summed E-state index contributed by atoms with van der Waals surface area (Å²) in [6.45, 7) is 4.65. The fourth-order valence-corrected chi connectivity index (χ4v) is 3.42. The number of rotatable bonds is 6. The molecule has 3 atom stereocenters. The molecule has 0 bridgehead atoms. The first kappa shape index (κ1) is 17.9. The molecule has 4 nitrogen and oxygen atoms in total. The van der Waals surface area contributed by atoms with Crippen molar-refractivity contribution in [2.75, 3.05) is 6.54 Å². The van der Waals surface area contributed by atoms with Crippen LogP contribution in [0.5, 0.6) is 5.75 Å². The number of ether oxygens (including phenoxy) is 1. The molecule has 2 aromatic rings. The Hall–Kier alpha value is -1.88. The Balaban J connectivity index is 1.61. The SMILES string of the molecule is CC1(C)CC(NC[C@@H](O)[C@@H](N)Cc2ccccc2)c2ccccc2O1. The zero-order valence-electron chi connectivity index (χ0n) is 15.0. The van der Waals surface area contributed by atoms with Gasteiger partial charge >= 0.3 is 0 Å². The summed E-state index contributed by atoms with van der Waals surface area (Å²) in [5.74, 6) is 0.916. The number of aliphatic hydroxyl groups excluding tert-OH is 1. The third kappa shape index (κ3) is 4.60. The molecular weight excluding hydrogens is 312 g/mol. The van der Waals surface area contributed by atoms with E-state index in [4.69, 9.17) is 10.5 Å². The number of hydrogen-bond acceptors (Lipinski definition) is 4. The van der Waals surface area contributed by atoms with Gasteiger partial charge in [-0.05, 0) is 31.9 Å². The molecule has 1 aliphatic heterocycles. The molecule has 0 aliphatic carbocycles. The summed E-state index contributed by atoms with van der Waals surface area (Å²) in [6, 6.07) is 18.0. The minimum atomic E-state index is -0.599. The minimum absolute atomic E-state index is 0.151. The van der Waals surface area contributed by atoms with E-state index in [0.717, 1.165) is 23.3 Å². The summed E-state index contributed by atoms with van der Waals surface area (Å²) in [5.41, 5.74) is 8.25. The van der Waals surface area contributed by atoms with Gasteiger partial charge in [0.15, 0.2) is 0 Å². The van der Waals surface area contributed by atoms with E-state index in [9.17, 15) is 5.11 Å². The maximum Gasteiger partial charge on any atom is 0.124 e. The number of nitrogens with two attached hydrogens (primary N) is 1. The van der Waals surface area contributed by atoms with Gasteiger partial charge in [0.2, 0.25) is 0 Å². The quantitative estimate of drug-likeness (QED) is 0.756. The largest absolute Gasteiger partial charge is 0.487 e. The van der Waals surface area contributed by atoms with Gasteiger partial charge in [0, 0.05) is 30.6 Å². The van der Waals surface area contributed by atoms with Gasteiger partial charge in [0.1, 0.15) is 11.4 Å². The van der Waals surface area contributed by atoms with Crippen molar-refractivity contribution in [2.24, 2.45) is 5.73 Å². The molecule has 0 spiro atoms. The van der Waals surface area contributed by atoms with Crippen molar-refractivity contribution in [3.63, 3.8) is 0 Å². The molecule has 0 fully saturated rings. The van der Waals surface area contributed by atoms with Gasteiger partial charge in [-0.15, -0.1) is 0 Å².